The Hall–Kier alpha value is -9.45. The van der Waals surface area contributed by atoms with Gasteiger partial charge < -0.3 is 8.98 Å². The fourth-order valence-corrected chi connectivity index (χ4v) is 11.1. The molecular formula is C65H38N4O. The summed E-state index contributed by atoms with van der Waals surface area (Å²) in [6.45, 7) is 0. The first-order valence-electron chi connectivity index (χ1n) is 23.7. The SMILES string of the molecule is c1ccc(-c2ccc(-c3nc(-c4cc5ccccc5c5ccccc45)nc(-c4cccc5oc6ccc7ccc(-n8c9cc%10ccccc%10cc9c9ccc%10ccccc%10c98)cc7c6c45)n3)cc2)cc1. The third kappa shape index (κ3) is 5.88. The molecule has 3 heterocycles. The number of aromatic nitrogens is 4. The van der Waals surface area contributed by atoms with Crippen molar-refractivity contribution < 1.29 is 4.42 Å². The highest BCUT2D eigenvalue weighted by Gasteiger charge is 2.22. The third-order valence-corrected chi connectivity index (χ3v) is 14.4. The smallest absolute Gasteiger partial charge is 0.164 e. The molecule has 70 heavy (non-hydrogen) atoms. The fraction of sp³-hybridized carbons (Fsp3) is 0. The number of hydrogen-bond acceptors (Lipinski definition) is 4. The highest BCUT2D eigenvalue weighted by Crippen LogP contribution is 2.44. The van der Waals surface area contributed by atoms with E-state index < -0.39 is 0 Å². The quantitative estimate of drug-likeness (QED) is 0.162. The maximum atomic E-state index is 6.81. The van der Waals surface area contributed by atoms with Crippen LogP contribution in [0, 0.1) is 0 Å². The van der Waals surface area contributed by atoms with Gasteiger partial charge in [-0.05, 0) is 102 Å². The number of fused-ring (bicyclic) bond motifs is 14. The lowest BCUT2D eigenvalue weighted by atomic mass is 9.96. The van der Waals surface area contributed by atoms with E-state index in [-0.39, 0.29) is 0 Å². The second-order valence-corrected chi connectivity index (χ2v) is 18.3. The molecule has 0 aliphatic rings. The number of nitrogens with zero attached hydrogens (tertiary/aromatic N) is 4. The van der Waals surface area contributed by atoms with Gasteiger partial charge in [0.2, 0.25) is 0 Å². The van der Waals surface area contributed by atoms with Gasteiger partial charge in [0.15, 0.2) is 17.5 Å². The second-order valence-electron chi connectivity index (χ2n) is 18.3. The van der Waals surface area contributed by atoms with Gasteiger partial charge >= 0.3 is 0 Å². The molecule has 0 aliphatic carbocycles. The molecule has 0 fully saturated rings. The Balaban J connectivity index is 0.994. The topological polar surface area (TPSA) is 56.7 Å². The molecule has 15 aromatic rings. The van der Waals surface area contributed by atoms with E-state index in [0.29, 0.717) is 17.5 Å². The van der Waals surface area contributed by atoms with Crippen LogP contribution in [0.4, 0.5) is 0 Å². The fourth-order valence-electron chi connectivity index (χ4n) is 11.1. The van der Waals surface area contributed by atoms with Crippen molar-refractivity contribution in [3.63, 3.8) is 0 Å². The Bertz CT molecular complexity index is 4640. The average molecular weight is 891 g/mol. The summed E-state index contributed by atoms with van der Waals surface area (Å²) in [6.07, 6.45) is 0. The van der Waals surface area contributed by atoms with Crippen molar-refractivity contribution in [2.45, 2.75) is 0 Å². The van der Waals surface area contributed by atoms with E-state index >= 15 is 0 Å². The predicted molar refractivity (Wildman–Crippen MR) is 291 cm³/mol. The van der Waals surface area contributed by atoms with Gasteiger partial charge in [0, 0.05) is 49.3 Å². The van der Waals surface area contributed by atoms with Crippen LogP contribution in [0.1, 0.15) is 0 Å². The van der Waals surface area contributed by atoms with E-state index in [1.165, 1.54) is 43.2 Å². The summed E-state index contributed by atoms with van der Waals surface area (Å²) in [4.78, 5) is 16.1. The van der Waals surface area contributed by atoms with Crippen molar-refractivity contribution in [1.82, 2.24) is 19.5 Å². The summed E-state index contributed by atoms with van der Waals surface area (Å²) >= 11 is 0. The zero-order valence-corrected chi connectivity index (χ0v) is 37.6. The first-order valence-corrected chi connectivity index (χ1v) is 23.7. The summed E-state index contributed by atoms with van der Waals surface area (Å²) in [5, 5.41) is 16.0. The van der Waals surface area contributed by atoms with Crippen LogP contribution in [0.5, 0.6) is 0 Å². The lowest BCUT2D eigenvalue weighted by Crippen LogP contribution is -2.01. The summed E-state index contributed by atoms with van der Waals surface area (Å²) in [7, 11) is 0. The molecule has 0 saturated carbocycles. The average Bonchev–Trinajstić information content (AvgIpc) is 3.98. The summed E-state index contributed by atoms with van der Waals surface area (Å²) < 4.78 is 9.27. The Morgan fingerprint density at radius 2 is 0.900 bits per heavy atom. The van der Waals surface area contributed by atoms with E-state index in [0.717, 1.165) is 87.9 Å². The number of hydrogen-bond donors (Lipinski definition) is 0. The number of rotatable bonds is 5. The molecule has 12 aromatic carbocycles. The molecule has 324 valence electrons. The minimum absolute atomic E-state index is 0.576. The van der Waals surface area contributed by atoms with Crippen LogP contribution in [0.15, 0.2) is 235 Å². The van der Waals surface area contributed by atoms with Crippen LogP contribution >= 0.6 is 0 Å². The van der Waals surface area contributed by atoms with Crippen LogP contribution in [0.2, 0.25) is 0 Å². The molecule has 0 aliphatic heterocycles. The highest BCUT2D eigenvalue weighted by molar-refractivity contribution is 6.24. The molecule has 0 atom stereocenters. The van der Waals surface area contributed by atoms with Gasteiger partial charge in [-0.15, -0.1) is 0 Å². The van der Waals surface area contributed by atoms with Crippen LogP contribution in [0.25, 0.3) is 149 Å². The molecule has 0 amide bonds. The Morgan fingerprint density at radius 3 is 1.73 bits per heavy atom. The monoisotopic (exact) mass is 890 g/mol. The molecule has 3 aromatic heterocycles. The van der Waals surface area contributed by atoms with Crippen molar-refractivity contribution in [3.8, 4) is 51.0 Å². The Labute approximate surface area is 401 Å². The summed E-state index contributed by atoms with van der Waals surface area (Å²) in [6, 6.07) is 82.2. The maximum Gasteiger partial charge on any atom is 0.164 e. The normalized spacial score (nSPS) is 12.0. The van der Waals surface area contributed by atoms with Crippen molar-refractivity contribution in [2.24, 2.45) is 0 Å². The van der Waals surface area contributed by atoms with Gasteiger partial charge in [-0.2, -0.15) is 0 Å². The standard InChI is InChI=1S/C65H38N4O/c1-2-13-39(14-3-1)40-25-27-43(28-26-40)63-66-64(68-65(67-63)56-36-46-18-7-8-19-48(46)50-21-10-11-22-51(50)56)53-23-12-24-58-60(53)61-54-38-47(32-29-42(54)31-34-59(61)70-58)69-57-37-45-17-5-4-16-44(45)35-55(57)52-33-30-41-15-6-9-20-49(41)62(52)69/h1-38H. The molecule has 0 N–H and O–H groups in total. The number of benzene rings is 12. The first kappa shape index (κ1) is 38.6. The van der Waals surface area contributed by atoms with Gasteiger partial charge in [0.05, 0.1) is 11.0 Å². The minimum Gasteiger partial charge on any atom is -0.456 e. The summed E-state index contributed by atoms with van der Waals surface area (Å²) in [5.41, 5.74) is 10.0. The van der Waals surface area contributed by atoms with E-state index in [1.807, 2.05) is 12.1 Å². The van der Waals surface area contributed by atoms with E-state index in [4.69, 9.17) is 19.4 Å². The van der Waals surface area contributed by atoms with Gasteiger partial charge in [-0.3, -0.25) is 0 Å². The maximum absolute atomic E-state index is 6.81. The van der Waals surface area contributed by atoms with Crippen LogP contribution in [0.3, 0.4) is 0 Å². The molecular weight excluding hydrogens is 853 g/mol. The van der Waals surface area contributed by atoms with Crippen molar-refractivity contribution in [2.75, 3.05) is 0 Å². The van der Waals surface area contributed by atoms with E-state index in [1.54, 1.807) is 0 Å². The third-order valence-electron chi connectivity index (χ3n) is 14.4. The van der Waals surface area contributed by atoms with Gasteiger partial charge in [0.25, 0.3) is 0 Å². The van der Waals surface area contributed by atoms with Crippen LogP contribution in [-0.4, -0.2) is 19.5 Å². The van der Waals surface area contributed by atoms with Crippen LogP contribution in [-0.2, 0) is 0 Å². The molecule has 0 spiro atoms. The highest BCUT2D eigenvalue weighted by atomic mass is 16.3. The first-order chi connectivity index (χ1) is 34.7. The molecule has 0 saturated heterocycles. The van der Waals surface area contributed by atoms with Gasteiger partial charge in [-0.1, -0.05) is 188 Å². The summed E-state index contributed by atoms with van der Waals surface area (Å²) in [5.74, 6) is 1.78. The van der Waals surface area contributed by atoms with Crippen LogP contribution < -0.4 is 0 Å². The van der Waals surface area contributed by atoms with Gasteiger partial charge in [-0.25, -0.2) is 15.0 Å². The van der Waals surface area contributed by atoms with E-state index in [2.05, 4.69) is 223 Å². The molecule has 5 heteroatoms. The minimum atomic E-state index is 0.576. The largest absolute Gasteiger partial charge is 0.456 e. The lowest BCUT2D eigenvalue weighted by molar-refractivity contribution is 0.669. The van der Waals surface area contributed by atoms with Crippen molar-refractivity contribution in [3.05, 3.63) is 231 Å². The van der Waals surface area contributed by atoms with Crippen molar-refractivity contribution in [1.29, 1.82) is 0 Å². The lowest BCUT2D eigenvalue weighted by Gasteiger charge is -2.13. The molecule has 0 unspecified atom stereocenters. The Kier molecular flexibility index (Phi) is 8.29. The molecule has 5 nitrogen and oxygen atoms in total. The second kappa shape index (κ2) is 15.0. The predicted octanol–water partition coefficient (Wildman–Crippen LogP) is 17.3. The zero-order chi connectivity index (χ0) is 45.9. The van der Waals surface area contributed by atoms with Crippen molar-refractivity contribution >= 4 is 97.6 Å². The number of furan rings is 1. The van der Waals surface area contributed by atoms with Gasteiger partial charge in [0.1, 0.15) is 11.2 Å². The van der Waals surface area contributed by atoms with E-state index in [9.17, 15) is 0 Å². The zero-order valence-electron chi connectivity index (χ0n) is 37.6. The molecule has 0 bridgehead atoms. The molecule has 0 radical (unpaired) electrons. The Morgan fingerprint density at radius 1 is 0.300 bits per heavy atom. The molecule has 15 rings (SSSR count).